The summed E-state index contributed by atoms with van der Waals surface area (Å²) in [6, 6.07) is 11.8. The third-order valence-corrected chi connectivity index (χ3v) is 3.81. The van der Waals surface area contributed by atoms with E-state index in [0.717, 1.165) is 11.6 Å². The summed E-state index contributed by atoms with van der Waals surface area (Å²) in [6.07, 6.45) is 1.60. The summed E-state index contributed by atoms with van der Waals surface area (Å²) >= 11 is 0. The standard InChI is InChI=1S/C19H25N3O2/c1-5-20-19(23)15-8-11-17(21-12-15)22-18(13(2)3)14-6-9-16(24-4)10-7-14/h6-13,18H,5H2,1-4H3,(H,20,23)(H,21,22). The van der Waals surface area contributed by atoms with Crippen molar-refractivity contribution in [3.8, 4) is 5.75 Å². The quantitative estimate of drug-likeness (QED) is 0.815. The minimum Gasteiger partial charge on any atom is -0.497 e. The van der Waals surface area contributed by atoms with E-state index in [0.29, 0.717) is 18.0 Å². The summed E-state index contributed by atoms with van der Waals surface area (Å²) < 4.78 is 5.21. The van der Waals surface area contributed by atoms with E-state index in [-0.39, 0.29) is 11.9 Å². The van der Waals surface area contributed by atoms with Crippen LogP contribution in [0.1, 0.15) is 42.7 Å². The predicted molar refractivity (Wildman–Crippen MR) is 96.4 cm³/mol. The van der Waals surface area contributed by atoms with Crippen LogP contribution >= 0.6 is 0 Å². The number of nitrogens with one attached hydrogen (secondary N) is 2. The Labute approximate surface area is 143 Å². The Morgan fingerprint density at radius 2 is 1.88 bits per heavy atom. The van der Waals surface area contributed by atoms with Gasteiger partial charge in [0, 0.05) is 12.7 Å². The van der Waals surface area contributed by atoms with Crippen LogP contribution in [0.3, 0.4) is 0 Å². The van der Waals surface area contributed by atoms with Crippen LogP contribution in [0.5, 0.6) is 5.75 Å². The van der Waals surface area contributed by atoms with E-state index in [1.54, 1.807) is 19.4 Å². The van der Waals surface area contributed by atoms with Crippen LogP contribution in [0.15, 0.2) is 42.6 Å². The zero-order valence-corrected chi connectivity index (χ0v) is 14.7. The van der Waals surface area contributed by atoms with Crippen LogP contribution in [-0.2, 0) is 0 Å². The summed E-state index contributed by atoms with van der Waals surface area (Å²) in [5, 5.41) is 6.21. The number of nitrogens with zero attached hydrogens (tertiary/aromatic N) is 1. The topological polar surface area (TPSA) is 63.2 Å². The van der Waals surface area contributed by atoms with Crippen molar-refractivity contribution >= 4 is 11.7 Å². The number of carbonyl (C=O) groups is 1. The number of carbonyl (C=O) groups excluding carboxylic acids is 1. The van der Waals surface area contributed by atoms with Crippen molar-refractivity contribution in [1.29, 1.82) is 0 Å². The Hall–Kier alpha value is -2.56. The molecule has 0 bridgehead atoms. The number of benzene rings is 1. The van der Waals surface area contributed by atoms with Crippen LogP contribution < -0.4 is 15.4 Å². The molecule has 1 amide bonds. The molecule has 128 valence electrons. The van der Waals surface area contributed by atoms with Gasteiger partial charge >= 0.3 is 0 Å². The van der Waals surface area contributed by atoms with Crippen molar-refractivity contribution in [3.63, 3.8) is 0 Å². The SMILES string of the molecule is CCNC(=O)c1ccc(NC(c2ccc(OC)cc2)C(C)C)nc1. The molecular formula is C19H25N3O2. The molecule has 1 aromatic heterocycles. The van der Waals surface area contributed by atoms with Crippen molar-refractivity contribution in [2.24, 2.45) is 5.92 Å². The Kier molecular flexibility index (Phi) is 6.18. The lowest BCUT2D eigenvalue weighted by Crippen LogP contribution is -2.23. The molecule has 0 saturated carbocycles. The highest BCUT2D eigenvalue weighted by atomic mass is 16.5. The van der Waals surface area contributed by atoms with Gasteiger partial charge in [0.15, 0.2) is 0 Å². The van der Waals surface area contributed by atoms with Crippen LogP contribution in [0, 0.1) is 5.92 Å². The zero-order valence-electron chi connectivity index (χ0n) is 14.7. The first-order valence-electron chi connectivity index (χ1n) is 8.20. The predicted octanol–water partition coefficient (Wildman–Crippen LogP) is 3.65. The first-order valence-corrected chi connectivity index (χ1v) is 8.20. The molecule has 1 atom stereocenters. The first-order chi connectivity index (χ1) is 11.5. The molecule has 2 aromatic rings. The maximum atomic E-state index is 11.8. The van der Waals surface area contributed by atoms with Gasteiger partial charge in [0.05, 0.1) is 18.7 Å². The van der Waals surface area contributed by atoms with Gasteiger partial charge in [-0.25, -0.2) is 4.98 Å². The number of anilines is 1. The van der Waals surface area contributed by atoms with E-state index in [2.05, 4.69) is 41.6 Å². The molecular weight excluding hydrogens is 302 g/mol. The van der Waals surface area contributed by atoms with Gasteiger partial charge in [0.1, 0.15) is 11.6 Å². The fraction of sp³-hybridized carbons (Fsp3) is 0.368. The van der Waals surface area contributed by atoms with Gasteiger partial charge in [0.2, 0.25) is 0 Å². The van der Waals surface area contributed by atoms with Crippen LogP contribution in [0.25, 0.3) is 0 Å². The van der Waals surface area contributed by atoms with Crippen LogP contribution in [-0.4, -0.2) is 24.5 Å². The molecule has 0 spiro atoms. The number of amides is 1. The molecule has 2 rings (SSSR count). The van der Waals surface area contributed by atoms with Gasteiger partial charge in [-0.2, -0.15) is 0 Å². The molecule has 0 fully saturated rings. The smallest absolute Gasteiger partial charge is 0.252 e. The van der Waals surface area contributed by atoms with Gasteiger partial charge in [-0.3, -0.25) is 4.79 Å². The molecule has 0 aliphatic heterocycles. The maximum Gasteiger partial charge on any atom is 0.252 e. The minimum absolute atomic E-state index is 0.105. The normalized spacial score (nSPS) is 11.9. The summed E-state index contributed by atoms with van der Waals surface area (Å²) in [4.78, 5) is 16.2. The molecule has 24 heavy (non-hydrogen) atoms. The fourth-order valence-corrected chi connectivity index (χ4v) is 2.48. The van der Waals surface area contributed by atoms with E-state index in [1.165, 1.54) is 5.56 Å². The highest BCUT2D eigenvalue weighted by Crippen LogP contribution is 2.27. The van der Waals surface area contributed by atoms with Crippen molar-refractivity contribution in [2.75, 3.05) is 19.0 Å². The highest BCUT2D eigenvalue weighted by Gasteiger charge is 2.16. The van der Waals surface area contributed by atoms with Crippen molar-refractivity contribution in [3.05, 3.63) is 53.7 Å². The molecule has 0 aliphatic rings. The van der Waals surface area contributed by atoms with E-state index in [1.807, 2.05) is 25.1 Å². The van der Waals surface area contributed by atoms with Gasteiger partial charge < -0.3 is 15.4 Å². The molecule has 5 heteroatoms. The molecule has 1 heterocycles. The Balaban J connectivity index is 2.14. The Bertz CT molecular complexity index is 651. The number of hydrogen-bond donors (Lipinski definition) is 2. The number of ether oxygens (including phenoxy) is 1. The Morgan fingerprint density at radius 3 is 2.38 bits per heavy atom. The average molecular weight is 327 g/mol. The van der Waals surface area contributed by atoms with E-state index >= 15 is 0 Å². The number of aromatic nitrogens is 1. The molecule has 0 radical (unpaired) electrons. The lowest BCUT2D eigenvalue weighted by molar-refractivity contribution is 0.0955. The number of methoxy groups -OCH3 is 1. The third-order valence-electron chi connectivity index (χ3n) is 3.81. The molecule has 1 unspecified atom stereocenters. The largest absolute Gasteiger partial charge is 0.497 e. The summed E-state index contributed by atoms with van der Waals surface area (Å²) in [5.41, 5.74) is 1.73. The second kappa shape index (κ2) is 8.34. The second-order valence-electron chi connectivity index (χ2n) is 5.93. The van der Waals surface area contributed by atoms with E-state index in [9.17, 15) is 4.79 Å². The van der Waals surface area contributed by atoms with Crippen LogP contribution in [0.2, 0.25) is 0 Å². The van der Waals surface area contributed by atoms with E-state index < -0.39 is 0 Å². The van der Waals surface area contributed by atoms with Gasteiger partial charge in [-0.1, -0.05) is 26.0 Å². The second-order valence-corrected chi connectivity index (χ2v) is 5.93. The highest BCUT2D eigenvalue weighted by molar-refractivity contribution is 5.93. The zero-order chi connectivity index (χ0) is 17.5. The lowest BCUT2D eigenvalue weighted by atomic mass is 9.96. The lowest BCUT2D eigenvalue weighted by Gasteiger charge is -2.23. The van der Waals surface area contributed by atoms with E-state index in [4.69, 9.17) is 4.74 Å². The molecule has 0 saturated heterocycles. The summed E-state index contributed by atoms with van der Waals surface area (Å²) in [6.45, 7) is 6.81. The molecule has 2 N–H and O–H groups in total. The minimum atomic E-state index is -0.105. The van der Waals surface area contributed by atoms with Gasteiger partial charge in [-0.05, 0) is 42.7 Å². The average Bonchev–Trinajstić information content (AvgIpc) is 2.60. The van der Waals surface area contributed by atoms with Gasteiger partial charge in [-0.15, -0.1) is 0 Å². The first kappa shape index (κ1) is 17.8. The van der Waals surface area contributed by atoms with Crippen molar-refractivity contribution < 1.29 is 9.53 Å². The third kappa shape index (κ3) is 4.47. The maximum absolute atomic E-state index is 11.8. The Morgan fingerprint density at radius 1 is 1.17 bits per heavy atom. The monoisotopic (exact) mass is 327 g/mol. The number of hydrogen-bond acceptors (Lipinski definition) is 4. The van der Waals surface area contributed by atoms with Crippen molar-refractivity contribution in [2.45, 2.75) is 26.8 Å². The fourth-order valence-electron chi connectivity index (χ4n) is 2.48. The molecule has 1 aromatic carbocycles. The van der Waals surface area contributed by atoms with Gasteiger partial charge in [0.25, 0.3) is 5.91 Å². The number of rotatable bonds is 7. The summed E-state index contributed by atoms with van der Waals surface area (Å²) in [5.74, 6) is 1.86. The van der Waals surface area contributed by atoms with Crippen LogP contribution in [0.4, 0.5) is 5.82 Å². The molecule has 0 aliphatic carbocycles. The van der Waals surface area contributed by atoms with Crippen molar-refractivity contribution in [1.82, 2.24) is 10.3 Å². The molecule has 5 nitrogen and oxygen atoms in total. The number of pyridine rings is 1. The summed E-state index contributed by atoms with van der Waals surface area (Å²) in [7, 11) is 1.66.